The molecular formula is C26H38F2N2O2. The molecule has 32 heavy (non-hydrogen) atoms. The van der Waals surface area contributed by atoms with E-state index in [9.17, 15) is 8.78 Å². The minimum Gasteiger partial charge on any atom is -0.490 e. The SMILES string of the molecule is CCCCCCCCOc1cnc(-c2ccc(OC[C@H](F)[C@@H](F)CCCCC)cc2)nc1. The van der Waals surface area contributed by atoms with Crippen LogP contribution in [0.2, 0.25) is 0 Å². The zero-order valence-electron chi connectivity index (χ0n) is 19.6. The van der Waals surface area contributed by atoms with Gasteiger partial charge in [-0.2, -0.15) is 0 Å². The number of ether oxygens (including phenoxy) is 2. The van der Waals surface area contributed by atoms with E-state index in [2.05, 4.69) is 16.9 Å². The van der Waals surface area contributed by atoms with Gasteiger partial charge in [0.25, 0.3) is 0 Å². The third-order valence-corrected chi connectivity index (χ3v) is 5.39. The first-order valence-electron chi connectivity index (χ1n) is 12.1. The predicted octanol–water partition coefficient (Wildman–Crippen LogP) is 7.52. The van der Waals surface area contributed by atoms with Gasteiger partial charge in [0.15, 0.2) is 17.7 Å². The number of unbranched alkanes of at least 4 members (excludes halogenated alkanes) is 7. The van der Waals surface area contributed by atoms with E-state index < -0.39 is 12.3 Å². The molecule has 0 fully saturated rings. The molecular weight excluding hydrogens is 410 g/mol. The number of rotatable bonds is 17. The summed E-state index contributed by atoms with van der Waals surface area (Å²) in [5, 5.41) is 0. The molecule has 0 aliphatic heterocycles. The summed E-state index contributed by atoms with van der Waals surface area (Å²) in [6.07, 6.45) is 10.5. The molecule has 0 spiro atoms. The highest BCUT2D eigenvalue weighted by Gasteiger charge is 2.20. The van der Waals surface area contributed by atoms with Crippen molar-refractivity contribution in [1.82, 2.24) is 9.97 Å². The van der Waals surface area contributed by atoms with Crippen LogP contribution in [0.1, 0.15) is 78.1 Å². The average molecular weight is 449 g/mol. The molecule has 2 rings (SSSR count). The normalized spacial score (nSPS) is 13.0. The largest absolute Gasteiger partial charge is 0.490 e. The lowest BCUT2D eigenvalue weighted by molar-refractivity contribution is 0.102. The molecule has 178 valence electrons. The second kappa shape index (κ2) is 15.5. The van der Waals surface area contributed by atoms with Gasteiger partial charge in [-0.1, -0.05) is 65.2 Å². The lowest BCUT2D eigenvalue weighted by atomic mass is 10.1. The molecule has 0 saturated heterocycles. The van der Waals surface area contributed by atoms with Gasteiger partial charge >= 0.3 is 0 Å². The molecule has 0 aliphatic rings. The molecule has 1 aromatic heterocycles. The maximum Gasteiger partial charge on any atom is 0.165 e. The van der Waals surface area contributed by atoms with Crippen LogP contribution in [0, 0.1) is 0 Å². The Bertz CT molecular complexity index is 726. The van der Waals surface area contributed by atoms with Crippen LogP contribution in [0.15, 0.2) is 36.7 Å². The molecule has 0 aliphatic carbocycles. The molecule has 4 nitrogen and oxygen atoms in total. The monoisotopic (exact) mass is 448 g/mol. The quantitative estimate of drug-likeness (QED) is 0.235. The Morgan fingerprint density at radius 1 is 0.719 bits per heavy atom. The van der Waals surface area contributed by atoms with Crippen molar-refractivity contribution in [3.63, 3.8) is 0 Å². The minimum absolute atomic E-state index is 0.243. The van der Waals surface area contributed by atoms with Crippen molar-refractivity contribution in [3.05, 3.63) is 36.7 Å². The lowest BCUT2D eigenvalue weighted by Crippen LogP contribution is -2.24. The number of aromatic nitrogens is 2. The van der Waals surface area contributed by atoms with Gasteiger partial charge in [-0.25, -0.2) is 18.7 Å². The highest BCUT2D eigenvalue weighted by molar-refractivity contribution is 5.56. The standard InChI is InChI=1S/C26H38F2N2O2/c1-3-5-7-8-9-11-17-31-23-18-29-26(30-19-23)21-13-15-22(16-14-21)32-20-25(28)24(27)12-10-6-4-2/h13-16,18-19,24-25H,3-12,17,20H2,1-2H3/t24-,25-/m0/s1. The summed E-state index contributed by atoms with van der Waals surface area (Å²) in [4.78, 5) is 8.73. The molecule has 0 radical (unpaired) electrons. The van der Waals surface area contributed by atoms with Gasteiger partial charge in [-0.15, -0.1) is 0 Å². The topological polar surface area (TPSA) is 44.2 Å². The van der Waals surface area contributed by atoms with Gasteiger partial charge in [0.05, 0.1) is 19.0 Å². The smallest absolute Gasteiger partial charge is 0.165 e. The number of nitrogens with zero attached hydrogens (tertiary/aromatic N) is 2. The number of alkyl halides is 2. The van der Waals surface area contributed by atoms with Crippen LogP contribution in [0.3, 0.4) is 0 Å². The molecule has 0 amide bonds. The number of benzene rings is 1. The summed E-state index contributed by atoms with van der Waals surface area (Å²) >= 11 is 0. The zero-order valence-corrected chi connectivity index (χ0v) is 19.6. The van der Waals surface area contributed by atoms with Gasteiger partial charge in [-0.3, -0.25) is 0 Å². The summed E-state index contributed by atoms with van der Waals surface area (Å²) < 4.78 is 38.9. The lowest BCUT2D eigenvalue weighted by Gasteiger charge is -2.14. The maximum absolute atomic E-state index is 13.9. The number of hydrogen-bond acceptors (Lipinski definition) is 4. The van der Waals surface area contributed by atoms with Crippen LogP contribution in [-0.4, -0.2) is 35.5 Å². The first-order chi connectivity index (χ1) is 15.6. The fourth-order valence-electron chi connectivity index (χ4n) is 3.36. The molecule has 1 aromatic carbocycles. The Morgan fingerprint density at radius 3 is 2.03 bits per heavy atom. The van der Waals surface area contributed by atoms with Crippen molar-refractivity contribution in [3.8, 4) is 22.9 Å². The van der Waals surface area contributed by atoms with Gasteiger partial charge in [0.2, 0.25) is 0 Å². The highest BCUT2D eigenvalue weighted by atomic mass is 19.2. The first-order valence-corrected chi connectivity index (χ1v) is 12.1. The van der Waals surface area contributed by atoms with Gasteiger partial charge in [0.1, 0.15) is 18.5 Å². The van der Waals surface area contributed by atoms with Crippen LogP contribution in [0.4, 0.5) is 8.78 Å². The second-order valence-corrected chi connectivity index (χ2v) is 8.22. The third-order valence-electron chi connectivity index (χ3n) is 5.39. The fraction of sp³-hybridized carbons (Fsp3) is 0.615. The van der Waals surface area contributed by atoms with E-state index in [0.717, 1.165) is 24.8 Å². The number of hydrogen-bond donors (Lipinski definition) is 0. The highest BCUT2D eigenvalue weighted by Crippen LogP contribution is 2.22. The Hall–Kier alpha value is -2.24. The van der Waals surface area contributed by atoms with Crippen molar-refractivity contribution in [2.24, 2.45) is 0 Å². The molecule has 0 unspecified atom stereocenters. The Balaban J connectivity index is 1.73. The molecule has 2 aromatic rings. The van der Waals surface area contributed by atoms with Crippen molar-refractivity contribution in [2.45, 2.75) is 90.4 Å². The third kappa shape index (κ3) is 9.92. The van der Waals surface area contributed by atoms with Crippen LogP contribution in [-0.2, 0) is 0 Å². The molecule has 1 heterocycles. The maximum atomic E-state index is 13.9. The van der Waals surface area contributed by atoms with Crippen molar-refractivity contribution in [2.75, 3.05) is 13.2 Å². The van der Waals surface area contributed by atoms with E-state index >= 15 is 0 Å². The van der Waals surface area contributed by atoms with Crippen LogP contribution in [0.25, 0.3) is 11.4 Å². The average Bonchev–Trinajstić information content (AvgIpc) is 2.83. The van der Waals surface area contributed by atoms with E-state index in [0.29, 0.717) is 30.4 Å². The molecule has 2 atom stereocenters. The minimum atomic E-state index is -1.61. The fourth-order valence-corrected chi connectivity index (χ4v) is 3.36. The van der Waals surface area contributed by atoms with Crippen LogP contribution in [0.5, 0.6) is 11.5 Å². The Morgan fingerprint density at radius 2 is 1.34 bits per heavy atom. The van der Waals surface area contributed by atoms with E-state index in [1.54, 1.807) is 24.5 Å². The second-order valence-electron chi connectivity index (χ2n) is 8.22. The number of halogens is 2. The van der Waals surface area contributed by atoms with Crippen molar-refractivity contribution in [1.29, 1.82) is 0 Å². The summed E-state index contributed by atoms with van der Waals surface area (Å²) in [6.45, 7) is 4.65. The summed E-state index contributed by atoms with van der Waals surface area (Å²) in [5.41, 5.74) is 0.819. The van der Waals surface area contributed by atoms with Gasteiger partial charge in [-0.05, 0) is 37.1 Å². The summed E-state index contributed by atoms with van der Waals surface area (Å²) in [7, 11) is 0. The summed E-state index contributed by atoms with van der Waals surface area (Å²) in [5.74, 6) is 1.73. The van der Waals surface area contributed by atoms with E-state index in [1.165, 1.54) is 32.1 Å². The molecule has 0 bridgehead atoms. The van der Waals surface area contributed by atoms with E-state index in [4.69, 9.17) is 9.47 Å². The summed E-state index contributed by atoms with van der Waals surface area (Å²) in [6, 6.07) is 7.06. The van der Waals surface area contributed by atoms with Crippen molar-refractivity contribution < 1.29 is 18.3 Å². The van der Waals surface area contributed by atoms with Gasteiger partial charge in [0, 0.05) is 5.56 Å². The zero-order chi connectivity index (χ0) is 23.0. The molecule has 6 heteroatoms. The van der Waals surface area contributed by atoms with E-state index in [1.807, 2.05) is 19.1 Å². The van der Waals surface area contributed by atoms with Crippen molar-refractivity contribution >= 4 is 0 Å². The predicted molar refractivity (Wildman–Crippen MR) is 126 cm³/mol. The molecule has 0 N–H and O–H groups in total. The van der Waals surface area contributed by atoms with Crippen LogP contribution < -0.4 is 9.47 Å². The van der Waals surface area contributed by atoms with E-state index in [-0.39, 0.29) is 13.0 Å². The Kier molecular flexibility index (Phi) is 12.6. The first kappa shape index (κ1) is 26.0. The molecule has 0 saturated carbocycles. The Labute approximate surface area is 191 Å². The van der Waals surface area contributed by atoms with Crippen LogP contribution >= 0.6 is 0 Å². The van der Waals surface area contributed by atoms with Gasteiger partial charge < -0.3 is 9.47 Å².